The molecule has 8 nitrogen and oxygen atoms in total. The number of ether oxygens (including phenoxy) is 1. The van der Waals surface area contributed by atoms with Crippen LogP contribution in [0.4, 0.5) is 5.69 Å². The van der Waals surface area contributed by atoms with E-state index in [1.54, 1.807) is 19.1 Å². The molecule has 8 heteroatoms. The van der Waals surface area contributed by atoms with Crippen LogP contribution in [0.1, 0.15) is 29.3 Å². The Morgan fingerprint density at radius 3 is 2.46 bits per heavy atom. The highest BCUT2D eigenvalue weighted by atomic mass is 16.6. The number of benzene rings is 2. The summed E-state index contributed by atoms with van der Waals surface area (Å²) in [4.78, 5) is 34.4. The number of non-ortho nitro benzene ring substituents is 1. The number of carbonyl (C=O) groups excluding carboxylic acids is 2. The SMILES string of the molecule is CC[C@H](Oc1ccc(C)cc1)C(=O)NNC(=O)c1cccc([N+](=O)[O-])c1. The first kappa shape index (κ1) is 18.9. The molecule has 0 aliphatic carbocycles. The van der Waals surface area contributed by atoms with E-state index in [4.69, 9.17) is 4.74 Å². The number of hydrogen-bond acceptors (Lipinski definition) is 5. The second kappa shape index (κ2) is 8.61. The first-order valence-electron chi connectivity index (χ1n) is 7.98. The van der Waals surface area contributed by atoms with Crippen molar-refractivity contribution >= 4 is 17.5 Å². The topological polar surface area (TPSA) is 111 Å². The molecule has 26 heavy (non-hydrogen) atoms. The van der Waals surface area contributed by atoms with Crippen LogP contribution in [0.15, 0.2) is 48.5 Å². The molecule has 0 saturated carbocycles. The fourth-order valence-electron chi connectivity index (χ4n) is 2.14. The molecule has 136 valence electrons. The predicted molar refractivity (Wildman–Crippen MR) is 94.6 cm³/mol. The minimum atomic E-state index is -0.789. The van der Waals surface area contributed by atoms with Crippen molar-refractivity contribution in [2.45, 2.75) is 26.4 Å². The number of nitrogens with zero attached hydrogens (tertiary/aromatic N) is 1. The van der Waals surface area contributed by atoms with Crippen molar-refractivity contribution in [1.82, 2.24) is 10.9 Å². The number of hydrogen-bond donors (Lipinski definition) is 2. The van der Waals surface area contributed by atoms with Crippen LogP contribution in [0, 0.1) is 17.0 Å². The molecule has 0 fully saturated rings. The smallest absolute Gasteiger partial charge is 0.279 e. The summed E-state index contributed by atoms with van der Waals surface area (Å²) < 4.78 is 5.62. The summed E-state index contributed by atoms with van der Waals surface area (Å²) in [5, 5.41) is 10.8. The van der Waals surface area contributed by atoms with Crippen molar-refractivity contribution in [2.75, 3.05) is 0 Å². The van der Waals surface area contributed by atoms with E-state index in [0.29, 0.717) is 12.2 Å². The van der Waals surface area contributed by atoms with E-state index in [0.717, 1.165) is 11.6 Å². The highest BCUT2D eigenvalue weighted by Crippen LogP contribution is 2.15. The van der Waals surface area contributed by atoms with Gasteiger partial charge in [-0.25, -0.2) is 0 Å². The molecule has 0 spiro atoms. The quantitative estimate of drug-likeness (QED) is 0.610. The van der Waals surface area contributed by atoms with Gasteiger partial charge >= 0.3 is 0 Å². The van der Waals surface area contributed by atoms with Crippen molar-refractivity contribution in [3.63, 3.8) is 0 Å². The van der Waals surface area contributed by atoms with Crippen molar-refractivity contribution in [3.8, 4) is 5.75 Å². The summed E-state index contributed by atoms with van der Waals surface area (Å²) in [5.74, 6) is -0.637. The molecule has 2 aromatic carbocycles. The molecule has 2 N–H and O–H groups in total. The van der Waals surface area contributed by atoms with Crippen molar-refractivity contribution < 1.29 is 19.2 Å². The molecule has 1 atom stereocenters. The lowest BCUT2D eigenvalue weighted by Crippen LogP contribution is -2.47. The minimum absolute atomic E-state index is 0.0620. The van der Waals surface area contributed by atoms with Gasteiger partial charge in [-0.1, -0.05) is 30.7 Å². The summed E-state index contributed by atoms with van der Waals surface area (Å²) in [6, 6.07) is 12.5. The zero-order chi connectivity index (χ0) is 19.1. The van der Waals surface area contributed by atoms with E-state index in [9.17, 15) is 19.7 Å². The fraction of sp³-hybridized carbons (Fsp3) is 0.222. The van der Waals surface area contributed by atoms with Gasteiger partial charge in [0.2, 0.25) is 0 Å². The number of carbonyl (C=O) groups is 2. The Hall–Kier alpha value is -3.42. The van der Waals surface area contributed by atoms with Crippen LogP contribution in [0.5, 0.6) is 5.75 Å². The Kier molecular flexibility index (Phi) is 6.26. The Balaban J connectivity index is 1.95. The van der Waals surface area contributed by atoms with Gasteiger partial charge in [0.25, 0.3) is 17.5 Å². The third-order valence-electron chi connectivity index (χ3n) is 3.58. The van der Waals surface area contributed by atoms with E-state index in [2.05, 4.69) is 10.9 Å². The Bertz CT molecular complexity index is 805. The second-order valence-electron chi connectivity index (χ2n) is 5.58. The molecule has 0 radical (unpaired) electrons. The summed E-state index contributed by atoms with van der Waals surface area (Å²) >= 11 is 0. The van der Waals surface area contributed by atoms with Crippen LogP contribution in [-0.4, -0.2) is 22.8 Å². The van der Waals surface area contributed by atoms with E-state index in [1.807, 2.05) is 19.1 Å². The molecule has 0 aliphatic heterocycles. The van der Waals surface area contributed by atoms with E-state index in [1.165, 1.54) is 18.2 Å². The lowest BCUT2D eigenvalue weighted by atomic mass is 10.2. The molecule has 2 amide bonds. The molecular weight excluding hydrogens is 338 g/mol. The van der Waals surface area contributed by atoms with E-state index >= 15 is 0 Å². The fourth-order valence-corrected chi connectivity index (χ4v) is 2.14. The van der Waals surface area contributed by atoms with Gasteiger partial charge in [-0.2, -0.15) is 0 Å². The Morgan fingerprint density at radius 2 is 1.85 bits per heavy atom. The summed E-state index contributed by atoms with van der Waals surface area (Å²) in [5.41, 5.74) is 5.43. The molecule has 0 aliphatic rings. The molecule has 0 saturated heterocycles. The maximum atomic E-state index is 12.2. The minimum Gasteiger partial charge on any atom is -0.481 e. The van der Waals surface area contributed by atoms with E-state index < -0.39 is 22.8 Å². The molecular formula is C18H19N3O5. The lowest BCUT2D eigenvalue weighted by Gasteiger charge is -2.17. The van der Waals surface area contributed by atoms with Gasteiger partial charge in [0.15, 0.2) is 6.10 Å². The number of rotatable bonds is 6. The molecule has 0 unspecified atom stereocenters. The summed E-state index contributed by atoms with van der Waals surface area (Å²) in [6.45, 7) is 3.72. The van der Waals surface area contributed by atoms with Gasteiger partial charge in [-0.05, 0) is 31.5 Å². The third kappa shape index (κ3) is 5.04. The number of amides is 2. The normalized spacial score (nSPS) is 11.3. The summed E-state index contributed by atoms with van der Waals surface area (Å²) in [6.07, 6.45) is -0.394. The van der Waals surface area contributed by atoms with Gasteiger partial charge in [0.05, 0.1) is 4.92 Å². The van der Waals surface area contributed by atoms with Gasteiger partial charge in [-0.15, -0.1) is 0 Å². The number of nitro benzene ring substituents is 1. The second-order valence-corrected chi connectivity index (χ2v) is 5.58. The number of nitro groups is 1. The zero-order valence-corrected chi connectivity index (χ0v) is 14.4. The van der Waals surface area contributed by atoms with Crippen LogP contribution < -0.4 is 15.6 Å². The van der Waals surface area contributed by atoms with Crippen molar-refractivity contribution in [2.24, 2.45) is 0 Å². The average molecular weight is 357 g/mol. The van der Waals surface area contributed by atoms with E-state index in [-0.39, 0.29) is 11.3 Å². The van der Waals surface area contributed by atoms with Crippen LogP contribution >= 0.6 is 0 Å². The average Bonchev–Trinajstić information content (AvgIpc) is 2.65. The lowest BCUT2D eigenvalue weighted by molar-refractivity contribution is -0.384. The van der Waals surface area contributed by atoms with Crippen molar-refractivity contribution in [1.29, 1.82) is 0 Å². The van der Waals surface area contributed by atoms with Gasteiger partial charge in [0, 0.05) is 17.7 Å². The maximum Gasteiger partial charge on any atom is 0.279 e. The predicted octanol–water partition coefficient (Wildman–Crippen LogP) is 2.52. The van der Waals surface area contributed by atoms with Crippen molar-refractivity contribution in [3.05, 3.63) is 69.8 Å². The summed E-state index contributed by atoms with van der Waals surface area (Å²) in [7, 11) is 0. The number of hydrazine groups is 1. The highest BCUT2D eigenvalue weighted by Gasteiger charge is 2.19. The monoisotopic (exact) mass is 357 g/mol. The standard InChI is InChI=1S/C18H19N3O5/c1-3-16(26-15-9-7-12(2)8-10-15)18(23)20-19-17(22)13-5-4-6-14(11-13)21(24)25/h4-11,16H,3H2,1-2H3,(H,19,22)(H,20,23)/t16-/m0/s1. The van der Waals surface area contributed by atoms with Gasteiger partial charge in [-0.3, -0.25) is 30.6 Å². The zero-order valence-electron chi connectivity index (χ0n) is 14.4. The number of aryl methyl sites for hydroxylation is 1. The molecule has 0 aromatic heterocycles. The Labute approximate surface area is 150 Å². The maximum absolute atomic E-state index is 12.2. The molecule has 2 rings (SSSR count). The van der Waals surface area contributed by atoms with Crippen LogP contribution in [0.25, 0.3) is 0 Å². The van der Waals surface area contributed by atoms with Crippen LogP contribution in [-0.2, 0) is 4.79 Å². The molecule has 2 aromatic rings. The van der Waals surface area contributed by atoms with Crippen LogP contribution in [0.2, 0.25) is 0 Å². The Morgan fingerprint density at radius 1 is 1.15 bits per heavy atom. The number of nitrogens with one attached hydrogen (secondary N) is 2. The first-order chi connectivity index (χ1) is 12.4. The van der Waals surface area contributed by atoms with Gasteiger partial charge in [0.1, 0.15) is 5.75 Å². The third-order valence-corrected chi connectivity index (χ3v) is 3.58. The van der Waals surface area contributed by atoms with Gasteiger partial charge < -0.3 is 4.74 Å². The largest absolute Gasteiger partial charge is 0.481 e. The molecule has 0 heterocycles. The first-order valence-corrected chi connectivity index (χ1v) is 7.98. The highest BCUT2D eigenvalue weighted by molar-refractivity contribution is 5.96. The van der Waals surface area contributed by atoms with Crippen LogP contribution in [0.3, 0.4) is 0 Å². The molecule has 0 bridgehead atoms.